The van der Waals surface area contributed by atoms with Crippen LogP contribution in [0.3, 0.4) is 0 Å². The minimum absolute atomic E-state index is 0.456. The largest absolute Gasteiger partial charge is 0.368 e. The molecule has 0 saturated carbocycles. The van der Waals surface area contributed by atoms with Crippen LogP contribution in [0.5, 0.6) is 0 Å². The highest BCUT2D eigenvalue weighted by Gasteiger charge is 2.17. The van der Waals surface area contributed by atoms with Crippen molar-refractivity contribution in [2.75, 3.05) is 11.4 Å². The van der Waals surface area contributed by atoms with Crippen LogP contribution in [0.1, 0.15) is 45.6 Å². The average Bonchev–Trinajstić information content (AvgIpc) is 2.39. The van der Waals surface area contributed by atoms with E-state index in [0.29, 0.717) is 6.04 Å². The highest BCUT2D eigenvalue weighted by Crippen LogP contribution is 2.29. The van der Waals surface area contributed by atoms with Crippen LogP contribution in [0.2, 0.25) is 0 Å². The maximum absolute atomic E-state index is 9.32. The molecule has 2 nitrogen and oxygen atoms in total. The normalized spacial score (nSPS) is 11.9. The van der Waals surface area contributed by atoms with E-state index in [-0.39, 0.29) is 0 Å². The van der Waals surface area contributed by atoms with Gasteiger partial charge in [0.05, 0.1) is 11.3 Å². The summed E-state index contributed by atoms with van der Waals surface area (Å²) in [5.74, 6) is 0. The molecule has 0 N–H and O–H groups in total. The molecule has 0 bridgehead atoms. The van der Waals surface area contributed by atoms with Gasteiger partial charge in [0, 0.05) is 17.1 Å². The SMILES string of the molecule is CCCCN(c1cccc(Br)c1C#N)C(C)CC. The third-order valence-electron chi connectivity index (χ3n) is 3.29. The van der Waals surface area contributed by atoms with Gasteiger partial charge in [-0.3, -0.25) is 0 Å². The lowest BCUT2D eigenvalue weighted by molar-refractivity contribution is 0.595. The molecule has 0 aliphatic carbocycles. The van der Waals surface area contributed by atoms with E-state index in [1.165, 1.54) is 6.42 Å². The molecule has 0 radical (unpaired) electrons. The fraction of sp³-hybridized carbons (Fsp3) is 0.533. The predicted octanol–water partition coefficient (Wildman–Crippen LogP) is 4.73. The minimum Gasteiger partial charge on any atom is -0.368 e. The Hall–Kier alpha value is -1.01. The van der Waals surface area contributed by atoms with E-state index in [0.717, 1.165) is 35.1 Å². The number of benzene rings is 1. The molecule has 1 unspecified atom stereocenters. The second kappa shape index (κ2) is 7.43. The summed E-state index contributed by atoms with van der Waals surface area (Å²) in [5, 5.41) is 9.32. The van der Waals surface area contributed by atoms with Gasteiger partial charge in [-0.05, 0) is 47.8 Å². The molecule has 0 heterocycles. The molecule has 0 aromatic heterocycles. The molecule has 0 aliphatic heterocycles. The van der Waals surface area contributed by atoms with Gasteiger partial charge < -0.3 is 4.90 Å². The van der Waals surface area contributed by atoms with Crippen molar-refractivity contribution in [3.63, 3.8) is 0 Å². The zero-order valence-electron chi connectivity index (χ0n) is 11.4. The fourth-order valence-corrected chi connectivity index (χ4v) is 2.43. The molecule has 1 aromatic carbocycles. The molecule has 1 rings (SSSR count). The molecule has 0 aliphatic rings. The van der Waals surface area contributed by atoms with Crippen molar-refractivity contribution in [2.45, 2.75) is 46.1 Å². The Labute approximate surface area is 119 Å². The Bertz CT molecular complexity index is 423. The summed E-state index contributed by atoms with van der Waals surface area (Å²) >= 11 is 3.47. The monoisotopic (exact) mass is 308 g/mol. The molecule has 1 aromatic rings. The molecule has 3 heteroatoms. The summed E-state index contributed by atoms with van der Waals surface area (Å²) in [5.41, 5.74) is 1.79. The highest BCUT2D eigenvalue weighted by atomic mass is 79.9. The average molecular weight is 309 g/mol. The standard InChI is InChI=1S/C15H21BrN2/c1-4-6-10-18(12(3)5-2)15-9-7-8-14(16)13(15)11-17/h7-9,12H,4-6,10H2,1-3H3. The molecule has 0 fully saturated rings. The van der Waals surface area contributed by atoms with Gasteiger partial charge in [0.1, 0.15) is 6.07 Å². The van der Waals surface area contributed by atoms with Gasteiger partial charge in [-0.25, -0.2) is 0 Å². The first kappa shape index (κ1) is 15.0. The quantitative estimate of drug-likeness (QED) is 0.760. The van der Waals surface area contributed by atoms with Crippen LogP contribution in [-0.2, 0) is 0 Å². The predicted molar refractivity (Wildman–Crippen MR) is 80.9 cm³/mol. The van der Waals surface area contributed by atoms with E-state index in [9.17, 15) is 5.26 Å². The lowest BCUT2D eigenvalue weighted by Crippen LogP contribution is -2.34. The fourth-order valence-electron chi connectivity index (χ4n) is 1.99. The Morgan fingerprint density at radius 3 is 2.67 bits per heavy atom. The van der Waals surface area contributed by atoms with Crippen molar-refractivity contribution < 1.29 is 0 Å². The van der Waals surface area contributed by atoms with Gasteiger partial charge in [-0.15, -0.1) is 0 Å². The number of rotatable bonds is 6. The van der Waals surface area contributed by atoms with Crippen LogP contribution in [0.15, 0.2) is 22.7 Å². The Balaban J connectivity index is 3.12. The zero-order valence-corrected chi connectivity index (χ0v) is 13.0. The number of hydrogen-bond donors (Lipinski definition) is 0. The first-order chi connectivity index (χ1) is 8.65. The Morgan fingerprint density at radius 2 is 2.11 bits per heavy atom. The maximum atomic E-state index is 9.32. The summed E-state index contributed by atoms with van der Waals surface area (Å²) in [6.07, 6.45) is 3.41. The van der Waals surface area contributed by atoms with E-state index < -0.39 is 0 Å². The van der Waals surface area contributed by atoms with Crippen molar-refractivity contribution in [1.29, 1.82) is 5.26 Å². The summed E-state index contributed by atoms with van der Waals surface area (Å²) in [4.78, 5) is 2.35. The van der Waals surface area contributed by atoms with Crippen LogP contribution < -0.4 is 4.90 Å². The molecule has 0 amide bonds. The molecule has 1 atom stereocenters. The molecule has 18 heavy (non-hydrogen) atoms. The Kier molecular flexibility index (Phi) is 6.21. The number of hydrogen-bond acceptors (Lipinski definition) is 2. The first-order valence-electron chi connectivity index (χ1n) is 6.60. The number of anilines is 1. The lowest BCUT2D eigenvalue weighted by Gasteiger charge is -2.31. The second-order valence-electron chi connectivity index (χ2n) is 4.55. The smallest absolute Gasteiger partial charge is 0.103 e. The number of unbranched alkanes of at least 4 members (excludes halogenated alkanes) is 1. The number of halogens is 1. The van der Waals surface area contributed by atoms with Crippen LogP contribution in [0.4, 0.5) is 5.69 Å². The molecular formula is C15H21BrN2. The molecule has 98 valence electrons. The van der Waals surface area contributed by atoms with Gasteiger partial charge in [-0.2, -0.15) is 5.26 Å². The van der Waals surface area contributed by atoms with E-state index >= 15 is 0 Å². The van der Waals surface area contributed by atoms with Crippen molar-refractivity contribution in [1.82, 2.24) is 0 Å². The van der Waals surface area contributed by atoms with Crippen LogP contribution in [-0.4, -0.2) is 12.6 Å². The first-order valence-corrected chi connectivity index (χ1v) is 7.40. The van der Waals surface area contributed by atoms with Crippen LogP contribution in [0.25, 0.3) is 0 Å². The van der Waals surface area contributed by atoms with Crippen molar-refractivity contribution >= 4 is 21.6 Å². The summed E-state index contributed by atoms with van der Waals surface area (Å²) in [6.45, 7) is 7.61. The van der Waals surface area contributed by atoms with Gasteiger partial charge in [0.15, 0.2) is 0 Å². The van der Waals surface area contributed by atoms with Crippen LogP contribution in [0, 0.1) is 11.3 Å². The van der Waals surface area contributed by atoms with E-state index in [1.54, 1.807) is 0 Å². The molecule has 0 saturated heterocycles. The molecule has 0 spiro atoms. The second-order valence-corrected chi connectivity index (χ2v) is 5.40. The topological polar surface area (TPSA) is 27.0 Å². The summed E-state index contributed by atoms with van der Waals surface area (Å²) < 4.78 is 0.882. The van der Waals surface area contributed by atoms with Gasteiger partial charge >= 0.3 is 0 Å². The zero-order chi connectivity index (χ0) is 13.5. The third-order valence-corrected chi connectivity index (χ3v) is 3.95. The summed E-state index contributed by atoms with van der Waals surface area (Å²) in [6, 6.07) is 8.74. The van der Waals surface area contributed by atoms with Crippen LogP contribution >= 0.6 is 15.9 Å². The van der Waals surface area contributed by atoms with Crippen molar-refractivity contribution in [2.24, 2.45) is 0 Å². The van der Waals surface area contributed by atoms with Gasteiger partial charge in [0.2, 0.25) is 0 Å². The van der Waals surface area contributed by atoms with E-state index in [1.807, 2.05) is 18.2 Å². The van der Waals surface area contributed by atoms with Crippen molar-refractivity contribution in [3.05, 3.63) is 28.2 Å². The minimum atomic E-state index is 0.456. The van der Waals surface area contributed by atoms with Crippen molar-refractivity contribution in [3.8, 4) is 6.07 Å². The van der Waals surface area contributed by atoms with E-state index in [2.05, 4.69) is 47.7 Å². The Morgan fingerprint density at radius 1 is 1.39 bits per heavy atom. The number of nitrogens with zero attached hydrogens (tertiary/aromatic N) is 2. The molecular weight excluding hydrogens is 288 g/mol. The highest BCUT2D eigenvalue weighted by molar-refractivity contribution is 9.10. The number of nitriles is 1. The maximum Gasteiger partial charge on any atom is 0.103 e. The van der Waals surface area contributed by atoms with Gasteiger partial charge in [-0.1, -0.05) is 26.3 Å². The lowest BCUT2D eigenvalue weighted by atomic mass is 10.1. The summed E-state index contributed by atoms with van der Waals surface area (Å²) in [7, 11) is 0. The van der Waals surface area contributed by atoms with Gasteiger partial charge in [0.25, 0.3) is 0 Å². The third kappa shape index (κ3) is 3.49. The van der Waals surface area contributed by atoms with E-state index in [4.69, 9.17) is 0 Å².